The molecule has 1 aromatic rings. The van der Waals surface area contributed by atoms with Gasteiger partial charge in [0.1, 0.15) is 0 Å². The van der Waals surface area contributed by atoms with Crippen LogP contribution in [-0.2, 0) is 11.2 Å². The van der Waals surface area contributed by atoms with Crippen LogP contribution in [0.1, 0.15) is 30.4 Å². The van der Waals surface area contributed by atoms with Gasteiger partial charge in [0.15, 0.2) is 0 Å². The zero-order chi connectivity index (χ0) is 13.0. The Morgan fingerprint density at radius 2 is 2.28 bits per heavy atom. The molecule has 0 aromatic heterocycles. The topological polar surface area (TPSA) is 49.3 Å². The highest BCUT2D eigenvalue weighted by Crippen LogP contribution is 2.24. The van der Waals surface area contributed by atoms with E-state index in [9.17, 15) is 9.90 Å². The van der Waals surface area contributed by atoms with Crippen LogP contribution in [-0.4, -0.2) is 23.7 Å². The number of aliphatic hydroxyl groups is 1. The fourth-order valence-electron chi connectivity index (χ4n) is 2.56. The Morgan fingerprint density at radius 1 is 1.44 bits per heavy atom. The van der Waals surface area contributed by atoms with Gasteiger partial charge < -0.3 is 10.4 Å². The van der Waals surface area contributed by atoms with E-state index in [1.165, 1.54) is 5.56 Å². The summed E-state index contributed by atoms with van der Waals surface area (Å²) in [4.78, 5) is 11.8. The Labute approximate surface area is 108 Å². The van der Waals surface area contributed by atoms with E-state index in [1.807, 2.05) is 31.2 Å². The predicted octanol–water partition coefficient (Wildman–Crippen LogP) is 1.81. The molecule has 0 heterocycles. The lowest BCUT2D eigenvalue weighted by atomic mass is 10.1. The number of nitrogens with one attached hydrogen (secondary N) is 1. The third-order valence-corrected chi connectivity index (χ3v) is 3.55. The third kappa shape index (κ3) is 3.84. The third-order valence-electron chi connectivity index (χ3n) is 3.55. The smallest absolute Gasteiger partial charge is 0.224 e. The van der Waals surface area contributed by atoms with Crippen molar-refractivity contribution >= 4 is 5.91 Å². The molecule has 0 radical (unpaired) electrons. The number of benzene rings is 1. The maximum absolute atomic E-state index is 11.8. The molecule has 0 bridgehead atoms. The van der Waals surface area contributed by atoms with Crippen molar-refractivity contribution in [1.82, 2.24) is 5.32 Å². The molecule has 2 rings (SSSR count). The fraction of sp³-hybridized carbons (Fsp3) is 0.533. The summed E-state index contributed by atoms with van der Waals surface area (Å²) in [5.41, 5.74) is 2.23. The van der Waals surface area contributed by atoms with Crippen molar-refractivity contribution in [3.63, 3.8) is 0 Å². The molecule has 0 saturated heterocycles. The van der Waals surface area contributed by atoms with E-state index in [2.05, 4.69) is 5.32 Å². The van der Waals surface area contributed by atoms with Gasteiger partial charge in [-0.1, -0.05) is 29.8 Å². The molecule has 1 aliphatic rings. The van der Waals surface area contributed by atoms with Crippen LogP contribution in [0.25, 0.3) is 0 Å². The number of aryl methyl sites for hydroxylation is 1. The first kappa shape index (κ1) is 13.1. The van der Waals surface area contributed by atoms with E-state index in [1.54, 1.807) is 0 Å². The number of carbonyl (C=O) groups excluding carboxylic acids is 1. The molecule has 1 aliphatic carbocycles. The molecule has 0 aliphatic heterocycles. The average molecular weight is 247 g/mol. The Kier molecular flexibility index (Phi) is 4.37. The summed E-state index contributed by atoms with van der Waals surface area (Å²) < 4.78 is 0. The molecule has 2 unspecified atom stereocenters. The minimum atomic E-state index is -0.163. The quantitative estimate of drug-likeness (QED) is 0.852. The molecule has 3 nitrogen and oxygen atoms in total. The summed E-state index contributed by atoms with van der Waals surface area (Å²) in [7, 11) is 0. The summed E-state index contributed by atoms with van der Waals surface area (Å²) in [5.74, 6) is 0.517. The molecular weight excluding hydrogens is 226 g/mol. The lowest BCUT2D eigenvalue weighted by Crippen LogP contribution is -2.29. The Hall–Kier alpha value is -1.35. The second-order valence-corrected chi connectivity index (χ2v) is 5.30. The zero-order valence-electron chi connectivity index (χ0n) is 10.9. The minimum Gasteiger partial charge on any atom is -0.393 e. The van der Waals surface area contributed by atoms with Gasteiger partial charge in [0.25, 0.3) is 0 Å². The first-order chi connectivity index (χ1) is 8.63. The van der Waals surface area contributed by atoms with E-state index in [0.29, 0.717) is 18.9 Å². The Bertz CT molecular complexity index is 417. The van der Waals surface area contributed by atoms with Gasteiger partial charge in [-0.2, -0.15) is 0 Å². The van der Waals surface area contributed by atoms with E-state index >= 15 is 0 Å². The lowest BCUT2D eigenvalue weighted by molar-refractivity contribution is -0.120. The van der Waals surface area contributed by atoms with Crippen LogP contribution < -0.4 is 5.32 Å². The fourth-order valence-corrected chi connectivity index (χ4v) is 2.56. The monoisotopic (exact) mass is 247 g/mol. The van der Waals surface area contributed by atoms with Crippen LogP contribution in [0.15, 0.2) is 24.3 Å². The summed E-state index contributed by atoms with van der Waals surface area (Å²) >= 11 is 0. The van der Waals surface area contributed by atoms with E-state index in [0.717, 1.165) is 24.8 Å². The zero-order valence-corrected chi connectivity index (χ0v) is 10.9. The Morgan fingerprint density at radius 3 is 2.94 bits per heavy atom. The van der Waals surface area contributed by atoms with Crippen LogP contribution >= 0.6 is 0 Å². The first-order valence-corrected chi connectivity index (χ1v) is 6.64. The SMILES string of the molecule is Cc1cccc(CC(=O)NCC2CCC(O)C2)c1. The van der Waals surface area contributed by atoms with Gasteiger partial charge in [-0.25, -0.2) is 0 Å². The van der Waals surface area contributed by atoms with Gasteiger partial charge in [0.2, 0.25) is 5.91 Å². The molecule has 2 atom stereocenters. The minimum absolute atomic E-state index is 0.0713. The lowest BCUT2D eigenvalue weighted by Gasteiger charge is -2.11. The van der Waals surface area contributed by atoms with E-state index < -0.39 is 0 Å². The molecule has 1 amide bonds. The van der Waals surface area contributed by atoms with Crippen molar-refractivity contribution in [3.05, 3.63) is 35.4 Å². The highest BCUT2D eigenvalue weighted by atomic mass is 16.3. The largest absolute Gasteiger partial charge is 0.393 e. The summed E-state index contributed by atoms with van der Waals surface area (Å²) in [5, 5.41) is 12.4. The predicted molar refractivity (Wildman–Crippen MR) is 71.2 cm³/mol. The van der Waals surface area contributed by atoms with Crippen molar-refractivity contribution in [2.24, 2.45) is 5.92 Å². The summed E-state index contributed by atoms with van der Waals surface area (Å²) in [6, 6.07) is 8.03. The molecule has 3 heteroatoms. The summed E-state index contributed by atoms with van der Waals surface area (Å²) in [6.45, 7) is 2.73. The van der Waals surface area contributed by atoms with E-state index in [-0.39, 0.29) is 12.0 Å². The number of hydrogen-bond acceptors (Lipinski definition) is 2. The van der Waals surface area contributed by atoms with Crippen LogP contribution in [0.3, 0.4) is 0 Å². The van der Waals surface area contributed by atoms with Crippen LogP contribution in [0.4, 0.5) is 0 Å². The highest BCUT2D eigenvalue weighted by Gasteiger charge is 2.22. The molecule has 1 aromatic carbocycles. The van der Waals surface area contributed by atoms with Crippen molar-refractivity contribution in [2.45, 2.75) is 38.7 Å². The molecule has 0 spiro atoms. The van der Waals surface area contributed by atoms with Gasteiger partial charge in [-0.3, -0.25) is 4.79 Å². The van der Waals surface area contributed by atoms with Gasteiger partial charge in [-0.05, 0) is 37.7 Å². The number of rotatable bonds is 4. The molecule has 98 valence electrons. The van der Waals surface area contributed by atoms with Gasteiger partial charge in [-0.15, -0.1) is 0 Å². The highest BCUT2D eigenvalue weighted by molar-refractivity contribution is 5.78. The number of aliphatic hydroxyl groups excluding tert-OH is 1. The van der Waals surface area contributed by atoms with Crippen molar-refractivity contribution in [1.29, 1.82) is 0 Å². The van der Waals surface area contributed by atoms with Gasteiger partial charge in [0.05, 0.1) is 12.5 Å². The van der Waals surface area contributed by atoms with Crippen LogP contribution in [0, 0.1) is 12.8 Å². The maximum atomic E-state index is 11.8. The maximum Gasteiger partial charge on any atom is 0.224 e. The molecule has 1 saturated carbocycles. The summed E-state index contributed by atoms with van der Waals surface area (Å²) in [6.07, 6.45) is 3.00. The van der Waals surface area contributed by atoms with Crippen molar-refractivity contribution in [3.8, 4) is 0 Å². The molecule has 2 N–H and O–H groups in total. The first-order valence-electron chi connectivity index (χ1n) is 6.64. The molecular formula is C15H21NO2. The second kappa shape index (κ2) is 6.01. The van der Waals surface area contributed by atoms with E-state index in [4.69, 9.17) is 0 Å². The van der Waals surface area contributed by atoms with Gasteiger partial charge >= 0.3 is 0 Å². The normalized spacial score (nSPS) is 23.0. The van der Waals surface area contributed by atoms with Crippen molar-refractivity contribution < 1.29 is 9.90 Å². The standard InChI is InChI=1S/C15H21NO2/c1-11-3-2-4-12(7-11)9-15(18)16-10-13-5-6-14(17)8-13/h2-4,7,13-14,17H,5-6,8-10H2,1H3,(H,16,18). The number of amides is 1. The number of carbonyl (C=O) groups is 1. The molecule has 18 heavy (non-hydrogen) atoms. The van der Waals surface area contributed by atoms with Crippen LogP contribution in [0.2, 0.25) is 0 Å². The van der Waals surface area contributed by atoms with Crippen LogP contribution in [0.5, 0.6) is 0 Å². The number of hydrogen-bond donors (Lipinski definition) is 2. The molecule has 1 fully saturated rings. The van der Waals surface area contributed by atoms with Crippen molar-refractivity contribution in [2.75, 3.05) is 6.54 Å². The van der Waals surface area contributed by atoms with Gasteiger partial charge in [0, 0.05) is 6.54 Å². The second-order valence-electron chi connectivity index (χ2n) is 5.30. The average Bonchev–Trinajstić information content (AvgIpc) is 2.73. The Balaban J connectivity index is 1.75.